The van der Waals surface area contributed by atoms with Crippen LogP contribution in [0, 0.1) is 6.92 Å². The molecule has 2 heterocycles. The van der Waals surface area contributed by atoms with Crippen LogP contribution in [0.1, 0.15) is 22.5 Å². The van der Waals surface area contributed by atoms with Crippen LogP contribution >= 0.6 is 0 Å². The summed E-state index contributed by atoms with van der Waals surface area (Å²) in [5.41, 5.74) is 3.27. The number of aryl methyl sites for hydroxylation is 1. The molecule has 2 N–H and O–H groups in total. The number of phenols is 1. The van der Waals surface area contributed by atoms with E-state index in [1.165, 1.54) is 6.07 Å². The van der Waals surface area contributed by atoms with Crippen molar-refractivity contribution in [3.63, 3.8) is 0 Å². The van der Waals surface area contributed by atoms with Gasteiger partial charge >= 0.3 is 5.63 Å². The maximum absolute atomic E-state index is 11.9. The lowest BCUT2D eigenvalue weighted by Crippen LogP contribution is -2.06. The van der Waals surface area contributed by atoms with Gasteiger partial charge in [-0.25, -0.2) is 4.79 Å². The standard InChI is InChI=1S/C23H21NO5/c1-15-21(25)8-7-20-17(11-22(26)29-23(15)20)12-24-18-5-2-4-16(10-18)13-27-14-19-6-3-9-28-19/h2-11,24-25H,12-14H2,1H3. The molecule has 4 aromatic rings. The van der Waals surface area contributed by atoms with Crippen molar-refractivity contribution in [2.45, 2.75) is 26.7 Å². The Balaban J connectivity index is 1.46. The largest absolute Gasteiger partial charge is 0.508 e. The minimum absolute atomic E-state index is 0.105. The number of fused-ring (bicyclic) bond motifs is 1. The summed E-state index contributed by atoms with van der Waals surface area (Å²) >= 11 is 0. The number of benzene rings is 2. The van der Waals surface area contributed by atoms with E-state index in [4.69, 9.17) is 13.6 Å². The van der Waals surface area contributed by atoms with E-state index in [9.17, 15) is 9.90 Å². The Morgan fingerprint density at radius 1 is 1.07 bits per heavy atom. The highest BCUT2D eigenvalue weighted by atomic mass is 16.5. The quantitative estimate of drug-likeness (QED) is 0.443. The van der Waals surface area contributed by atoms with Gasteiger partial charge in [-0.15, -0.1) is 0 Å². The minimum Gasteiger partial charge on any atom is -0.508 e. The number of anilines is 1. The van der Waals surface area contributed by atoms with Gasteiger partial charge in [0.15, 0.2) is 0 Å². The lowest BCUT2D eigenvalue weighted by Gasteiger charge is -2.11. The SMILES string of the molecule is Cc1c(O)ccc2c(CNc3cccc(COCc4ccco4)c3)cc(=O)oc12. The van der Waals surface area contributed by atoms with Crippen LogP contribution in [-0.4, -0.2) is 5.11 Å². The summed E-state index contributed by atoms with van der Waals surface area (Å²) in [5.74, 6) is 0.892. The molecule has 0 fully saturated rings. The predicted octanol–water partition coefficient (Wildman–Crippen LogP) is 4.73. The minimum atomic E-state index is -0.442. The molecule has 0 aliphatic heterocycles. The molecule has 0 radical (unpaired) electrons. The molecule has 0 saturated carbocycles. The molecular formula is C23H21NO5. The first kappa shape index (κ1) is 18.8. The molecule has 0 atom stereocenters. The van der Waals surface area contributed by atoms with Crippen LogP contribution in [0.15, 0.2) is 74.5 Å². The first-order valence-corrected chi connectivity index (χ1v) is 9.28. The van der Waals surface area contributed by atoms with Crippen LogP contribution in [-0.2, 0) is 24.5 Å². The number of phenolic OH excluding ortho intramolecular Hbond substituents is 1. The Morgan fingerprint density at radius 3 is 2.79 bits per heavy atom. The van der Waals surface area contributed by atoms with Crippen molar-refractivity contribution in [3.05, 3.63) is 93.7 Å². The fraction of sp³-hybridized carbons (Fsp3) is 0.174. The highest BCUT2D eigenvalue weighted by molar-refractivity contribution is 5.85. The Labute approximate surface area is 167 Å². The third-order valence-electron chi connectivity index (χ3n) is 4.72. The zero-order chi connectivity index (χ0) is 20.2. The molecular weight excluding hydrogens is 370 g/mol. The van der Waals surface area contributed by atoms with Gasteiger partial charge < -0.3 is 24.0 Å². The van der Waals surface area contributed by atoms with Crippen molar-refractivity contribution in [1.82, 2.24) is 0 Å². The van der Waals surface area contributed by atoms with Crippen molar-refractivity contribution in [3.8, 4) is 5.75 Å². The van der Waals surface area contributed by atoms with Crippen LogP contribution in [0.5, 0.6) is 5.75 Å². The van der Waals surface area contributed by atoms with Gasteiger partial charge in [0.05, 0.1) is 12.9 Å². The van der Waals surface area contributed by atoms with E-state index in [0.717, 1.165) is 28.0 Å². The predicted molar refractivity (Wildman–Crippen MR) is 110 cm³/mol. The number of aromatic hydroxyl groups is 1. The fourth-order valence-corrected chi connectivity index (χ4v) is 3.19. The monoisotopic (exact) mass is 391 g/mol. The molecule has 6 heteroatoms. The number of ether oxygens (including phenoxy) is 1. The van der Waals surface area contributed by atoms with Crippen molar-refractivity contribution in [2.75, 3.05) is 5.32 Å². The lowest BCUT2D eigenvalue weighted by molar-refractivity contribution is 0.0930. The van der Waals surface area contributed by atoms with Crippen molar-refractivity contribution >= 4 is 16.7 Å². The molecule has 0 unspecified atom stereocenters. The third kappa shape index (κ3) is 4.33. The molecule has 2 aromatic heterocycles. The van der Waals surface area contributed by atoms with Crippen LogP contribution in [0.4, 0.5) is 5.69 Å². The molecule has 0 amide bonds. The molecule has 0 saturated heterocycles. The molecule has 4 rings (SSSR count). The zero-order valence-corrected chi connectivity index (χ0v) is 16.0. The lowest BCUT2D eigenvalue weighted by atomic mass is 10.1. The Bertz CT molecular complexity index is 1180. The van der Waals surface area contributed by atoms with Crippen molar-refractivity contribution < 1.29 is 18.7 Å². The second-order valence-corrected chi connectivity index (χ2v) is 6.80. The summed E-state index contributed by atoms with van der Waals surface area (Å²) in [6, 6.07) is 16.5. The summed E-state index contributed by atoms with van der Waals surface area (Å²) in [4.78, 5) is 11.9. The van der Waals surface area contributed by atoms with Gasteiger partial charge in [0.1, 0.15) is 23.7 Å². The average molecular weight is 391 g/mol. The second-order valence-electron chi connectivity index (χ2n) is 6.80. The number of furan rings is 1. The Morgan fingerprint density at radius 2 is 1.97 bits per heavy atom. The smallest absolute Gasteiger partial charge is 0.336 e. The number of hydrogen-bond acceptors (Lipinski definition) is 6. The van der Waals surface area contributed by atoms with E-state index in [1.807, 2.05) is 36.4 Å². The number of hydrogen-bond donors (Lipinski definition) is 2. The topological polar surface area (TPSA) is 84.8 Å². The van der Waals surface area contributed by atoms with E-state index in [2.05, 4.69) is 5.32 Å². The summed E-state index contributed by atoms with van der Waals surface area (Å²) in [7, 11) is 0. The van der Waals surface area contributed by atoms with Gasteiger partial charge in [-0.3, -0.25) is 0 Å². The molecule has 0 aliphatic carbocycles. The van der Waals surface area contributed by atoms with Crippen molar-refractivity contribution in [2.24, 2.45) is 0 Å². The maximum atomic E-state index is 11.9. The molecule has 0 aliphatic rings. The fourth-order valence-electron chi connectivity index (χ4n) is 3.19. The average Bonchev–Trinajstić information content (AvgIpc) is 3.23. The third-order valence-corrected chi connectivity index (χ3v) is 4.72. The molecule has 148 valence electrons. The molecule has 0 spiro atoms. The van der Waals surface area contributed by atoms with Crippen LogP contribution in [0.3, 0.4) is 0 Å². The van der Waals surface area contributed by atoms with E-state index < -0.39 is 5.63 Å². The molecule has 2 aromatic carbocycles. The van der Waals surface area contributed by atoms with Gasteiger partial charge in [0.2, 0.25) is 0 Å². The Hall–Kier alpha value is -3.51. The van der Waals surface area contributed by atoms with E-state index in [-0.39, 0.29) is 5.75 Å². The van der Waals surface area contributed by atoms with E-state index >= 15 is 0 Å². The van der Waals surface area contributed by atoms with Crippen LogP contribution in [0.2, 0.25) is 0 Å². The first-order chi connectivity index (χ1) is 14.1. The second kappa shape index (κ2) is 8.24. The van der Waals surface area contributed by atoms with Crippen molar-refractivity contribution in [1.29, 1.82) is 0 Å². The highest BCUT2D eigenvalue weighted by Gasteiger charge is 2.10. The van der Waals surface area contributed by atoms with E-state index in [1.54, 1.807) is 25.3 Å². The van der Waals surface area contributed by atoms with Gasteiger partial charge in [-0.1, -0.05) is 12.1 Å². The normalized spacial score (nSPS) is 11.1. The summed E-state index contributed by atoms with van der Waals surface area (Å²) in [6.45, 7) is 3.06. The summed E-state index contributed by atoms with van der Waals surface area (Å²) in [5, 5.41) is 14.0. The van der Waals surface area contributed by atoms with Gasteiger partial charge in [-0.2, -0.15) is 0 Å². The molecule has 29 heavy (non-hydrogen) atoms. The van der Waals surface area contributed by atoms with Gasteiger partial charge in [-0.05, 0) is 54.4 Å². The van der Waals surface area contributed by atoms with Gasteiger partial charge in [0.25, 0.3) is 0 Å². The van der Waals surface area contributed by atoms with Gasteiger partial charge in [0, 0.05) is 29.2 Å². The zero-order valence-electron chi connectivity index (χ0n) is 16.0. The first-order valence-electron chi connectivity index (χ1n) is 9.28. The summed E-state index contributed by atoms with van der Waals surface area (Å²) in [6.07, 6.45) is 1.62. The highest BCUT2D eigenvalue weighted by Crippen LogP contribution is 2.27. The van der Waals surface area contributed by atoms with Crippen LogP contribution < -0.4 is 10.9 Å². The molecule has 6 nitrogen and oxygen atoms in total. The van der Waals surface area contributed by atoms with Crippen LogP contribution in [0.25, 0.3) is 11.0 Å². The summed E-state index contributed by atoms with van der Waals surface area (Å²) < 4.78 is 16.2. The number of nitrogens with one attached hydrogen (secondary N) is 1. The Kier molecular flexibility index (Phi) is 5.35. The number of rotatable bonds is 7. The van der Waals surface area contributed by atoms with E-state index in [0.29, 0.717) is 30.9 Å². The maximum Gasteiger partial charge on any atom is 0.336 e. The molecule has 0 bridgehead atoms.